The lowest BCUT2D eigenvalue weighted by Gasteiger charge is -2.19. The van der Waals surface area contributed by atoms with Crippen molar-refractivity contribution in [2.24, 2.45) is 11.8 Å². The largest absolute Gasteiger partial charge is 0.462 e. The Morgan fingerprint density at radius 1 is 0.761 bits per heavy atom. The van der Waals surface area contributed by atoms with Crippen LogP contribution < -0.4 is 0 Å². The van der Waals surface area contributed by atoms with Crippen LogP contribution >= 0.6 is 0 Å². The lowest BCUT2D eigenvalue weighted by Crippen LogP contribution is -2.28. The van der Waals surface area contributed by atoms with Crippen LogP contribution in [-0.2, 0) is 19.1 Å². The van der Waals surface area contributed by atoms with Gasteiger partial charge in [0.15, 0.2) is 6.10 Å². The number of allylic oxidation sites excluding steroid dienone is 2. The maximum absolute atomic E-state index is 12.2. The molecule has 1 aliphatic rings. The van der Waals surface area contributed by atoms with Gasteiger partial charge in [0.1, 0.15) is 6.61 Å². The average Bonchev–Trinajstić information content (AvgIpc) is 3.31. The van der Waals surface area contributed by atoms with E-state index in [-0.39, 0.29) is 30.8 Å². The van der Waals surface area contributed by atoms with Crippen molar-refractivity contribution in [2.75, 3.05) is 13.2 Å². The van der Waals surface area contributed by atoms with Gasteiger partial charge < -0.3 is 29.9 Å². The predicted octanol–water partition coefficient (Wildman–Crippen LogP) is 7.50. The van der Waals surface area contributed by atoms with E-state index < -0.39 is 37.0 Å². The van der Waals surface area contributed by atoms with Crippen molar-refractivity contribution in [3.05, 3.63) is 24.3 Å². The average molecular weight is 653 g/mol. The molecule has 4 N–H and O–H groups in total. The van der Waals surface area contributed by atoms with Gasteiger partial charge in [0.05, 0.1) is 24.9 Å². The summed E-state index contributed by atoms with van der Waals surface area (Å²) in [7, 11) is 0. The van der Waals surface area contributed by atoms with Crippen LogP contribution in [-0.4, -0.2) is 70.0 Å². The van der Waals surface area contributed by atoms with E-state index in [1.807, 2.05) is 18.2 Å². The monoisotopic (exact) mass is 652 g/mol. The Hall–Kier alpha value is -1.74. The van der Waals surface area contributed by atoms with Gasteiger partial charge in [-0.25, -0.2) is 0 Å². The van der Waals surface area contributed by atoms with Gasteiger partial charge in [0, 0.05) is 25.2 Å². The minimum atomic E-state index is -0.862. The molecular weight excluding hydrogens is 584 g/mol. The number of aliphatic hydroxyl groups excluding tert-OH is 4. The van der Waals surface area contributed by atoms with Crippen LogP contribution in [0.2, 0.25) is 0 Å². The number of rotatable bonds is 29. The van der Waals surface area contributed by atoms with Gasteiger partial charge in [-0.15, -0.1) is 0 Å². The third kappa shape index (κ3) is 21.2. The van der Waals surface area contributed by atoms with E-state index in [9.17, 15) is 30.0 Å². The predicted molar refractivity (Wildman–Crippen MR) is 184 cm³/mol. The number of ether oxygens (including phenoxy) is 2. The molecule has 8 heteroatoms. The lowest BCUT2D eigenvalue weighted by molar-refractivity contribution is -0.161. The maximum atomic E-state index is 12.2. The fourth-order valence-electron chi connectivity index (χ4n) is 6.14. The molecule has 6 atom stereocenters. The van der Waals surface area contributed by atoms with Crippen molar-refractivity contribution in [1.82, 2.24) is 0 Å². The van der Waals surface area contributed by atoms with E-state index >= 15 is 0 Å². The van der Waals surface area contributed by atoms with Gasteiger partial charge in [0.25, 0.3) is 0 Å². The van der Waals surface area contributed by atoms with Gasteiger partial charge in [0.2, 0.25) is 0 Å². The van der Waals surface area contributed by atoms with E-state index in [1.54, 1.807) is 6.08 Å². The first-order chi connectivity index (χ1) is 22.3. The van der Waals surface area contributed by atoms with Crippen molar-refractivity contribution < 1.29 is 39.5 Å². The van der Waals surface area contributed by atoms with Gasteiger partial charge in [-0.2, -0.15) is 0 Å². The highest BCUT2D eigenvalue weighted by molar-refractivity contribution is 5.70. The summed E-state index contributed by atoms with van der Waals surface area (Å²) >= 11 is 0. The second-order valence-corrected chi connectivity index (χ2v) is 13.3. The number of esters is 2. The molecule has 0 aliphatic heterocycles. The van der Waals surface area contributed by atoms with E-state index in [0.29, 0.717) is 38.5 Å². The molecule has 1 aliphatic carbocycles. The van der Waals surface area contributed by atoms with Crippen LogP contribution in [0, 0.1) is 11.8 Å². The zero-order valence-electron chi connectivity index (χ0n) is 29.2. The standard InChI is InChI=1S/C38H68O8/c1-3-5-7-8-9-10-11-12-13-14-15-20-24-37(43)45-30-32(29-39)46-38(44)25-21-17-16-19-23-33-34(36(42)28-35(33)41)27-26-31(40)22-18-6-4-2/h16,19,26-27,31-36,39-42H,3-15,17-18,20-25,28-30H2,1-2H3/b19-16+,27-26+/t31-,32-,33+,34+,35-,36+/m0/s1. The lowest BCUT2D eigenvalue weighted by atomic mass is 9.89. The number of hydrogen-bond acceptors (Lipinski definition) is 8. The molecule has 8 nitrogen and oxygen atoms in total. The van der Waals surface area contributed by atoms with Crippen LogP contribution in [0.4, 0.5) is 0 Å². The van der Waals surface area contributed by atoms with Crippen molar-refractivity contribution in [1.29, 1.82) is 0 Å². The van der Waals surface area contributed by atoms with Crippen molar-refractivity contribution in [2.45, 2.75) is 180 Å². The van der Waals surface area contributed by atoms with Crippen LogP contribution in [0.1, 0.15) is 155 Å². The van der Waals surface area contributed by atoms with Crippen molar-refractivity contribution in [3.8, 4) is 0 Å². The summed E-state index contributed by atoms with van der Waals surface area (Å²) in [6.07, 6.45) is 26.1. The van der Waals surface area contributed by atoms with Gasteiger partial charge in [-0.3, -0.25) is 9.59 Å². The highest BCUT2D eigenvalue weighted by Crippen LogP contribution is 2.36. The quantitative estimate of drug-likeness (QED) is 0.0371. The highest BCUT2D eigenvalue weighted by Gasteiger charge is 2.39. The molecule has 0 spiro atoms. The van der Waals surface area contributed by atoms with Crippen LogP contribution in [0.3, 0.4) is 0 Å². The molecule has 0 aromatic rings. The molecule has 268 valence electrons. The fourth-order valence-corrected chi connectivity index (χ4v) is 6.14. The second-order valence-electron chi connectivity index (χ2n) is 13.3. The molecule has 0 bridgehead atoms. The zero-order chi connectivity index (χ0) is 33.8. The Balaban J connectivity index is 2.16. The van der Waals surface area contributed by atoms with Gasteiger partial charge >= 0.3 is 11.9 Å². The summed E-state index contributed by atoms with van der Waals surface area (Å²) in [5, 5.41) is 40.6. The third-order valence-corrected chi connectivity index (χ3v) is 9.07. The molecule has 46 heavy (non-hydrogen) atoms. The Kier molecular flexibility index (Phi) is 26.0. The Labute approximate surface area is 280 Å². The molecule has 1 rings (SSSR count). The fraction of sp³-hybridized carbons (Fsp3) is 0.842. The molecule has 1 fully saturated rings. The number of unbranched alkanes of at least 4 members (excludes halogenated alkanes) is 14. The minimum absolute atomic E-state index is 0.122. The first-order valence-electron chi connectivity index (χ1n) is 18.7. The van der Waals surface area contributed by atoms with E-state index in [0.717, 1.165) is 38.5 Å². The summed E-state index contributed by atoms with van der Waals surface area (Å²) < 4.78 is 10.5. The van der Waals surface area contributed by atoms with Gasteiger partial charge in [-0.1, -0.05) is 128 Å². The molecule has 0 unspecified atom stereocenters. The maximum Gasteiger partial charge on any atom is 0.306 e. The van der Waals surface area contributed by atoms with E-state index in [4.69, 9.17) is 9.47 Å². The zero-order valence-corrected chi connectivity index (χ0v) is 29.2. The third-order valence-electron chi connectivity index (χ3n) is 9.07. The summed E-state index contributed by atoms with van der Waals surface area (Å²) in [5.41, 5.74) is 0. The molecule has 0 amide bonds. The molecule has 0 saturated heterocycles. The Bertz CT molecular complexity index is 813. The highest BCUT2D eigenvalue weighted by atomic mass is 16.6. The molecule has 0 aromatic carbocycles. The molecule has 0 radical (unpaired) electrons. The normalized spacial score (nSPS) is 21.3. The SMILES string of the molecule is CCCCCCCCCCCCCCC(=O)OC[C@H](CO)OC(=O)CCC/C=C/C[C@@H]1[C@@H](/C=C/[C@@H](O)CCCCC)[C@H](O)C[C@@H]1O. The summed E-state index contributed by atoms with van der Waals surface area (Å²) in [4.78, 5) is 24.3. The minimum Gasteiger partial charge on any atom is -0.462 e. The molecular formula is C38H68O8. The van der Waals surface area contributed by atoms with E-state index in [2.05, 4.69) is 13.8 Å². The second kappa shape index (κ2) is 28.3. The van der Waals surface area contributed by atoms with Crippen molar-refractivity contribution >= 4 is 11.9 Å². The number of carbonyl (C=O) groups is 2. The Morgan fingerprint density at radius 3 is 1.98 bits per heavy atom. The molecule has 1 saturated carbocycles. The van der Waals surface area contributed by atoms with Crippen LogP contribution in [0.15, 0.2) is 24.3 Å². The number of aliphatic hydroxyl groups is 4. The molecule has 0 aromatic heterocycles. The van der Waals surface area contributed by atoms with Crippen molar-refractivity contribution in [3.63, 3.8) is 0 Å². The summed E-state index contributed by atoms with van der Waals surface area (Å²) in [6, 6.07) is 0. The molecule has 0 heterocycles. The van der Waals surface area contributed by atoms with Crippen LogP contribution in [0.25, 0.3) is 0 Å². The van der Waals surface area contributed by atoms with Gasteiger partial charge in [-0.05, 0) is 38.0 Å². The number of hydrogen-bond donors (Lipinski definition) is 4. The topological polar surface area (TPSA) is 134 Å². The Morgan fingerprint density at radius 2 is 1.35 bits per heavy atom. The summed E-state index contributed by atoms with van der Waals surface area (Å²) in [6.45, 7) is 3.82. The van der Waals surface area contributed by atoms with E-state index in [1.165, 1.54) is 57.8 Å². The van der Waals surface area contributed by atoms with Crippen LogP contribution in [0.5, 0.6) is 0 Å². The first-order valence-corrected chi connectivity index (χ1v) is 18.7. The first kappa shape index (κ1) is 42.3. The summed E-state index contributed by atoms with van der Waals surface area (Å²) in [5.74, 6) is -1.10. The number of carbonyl (C=O) groups excluding carboxylic acids is 2. The smallest absolute Gasteiger partial charge is 0.306 e.